The molecule has 166 valence electrons. The molecular weight excluding hydrogens is 416 g/mol. The van der Waals surface area contributed by atoms with Crippen molar-refractivity contribution in [3.8, 4) is 5.75 Å². The highest BCUT2D eigenvalue weighted by Gasteiger charge is 2.30. The maximum Gasteiger partial charge on any atom is 0.139 e. The van der Waals surface area contributed by atoms with Gasteiger partial charge in [-0.3, -0.25) is 4.90 Å². The van der Waals surface area contributed by atoms with Crippen LogP contribution in [0.15, 0.2) is 59.6 Å². The lowest BCUT2D eigenvalue weighted by molar-refractivity contribution is 0.134. The van der Waals surface area contributed by atoms with Crippen LogP contribution in [0.2, 0.25) is 0 Å². The van der Waals surface area contributed by atoms with Gasteiger partial charge in [0.05, 0.1) is 24.0 Å². The minimum Gasteiger partial charge on any atom is -0.496 e. The third kappa shape index (κ3) is 4.12. The molecule has 0 unspecified atom stereocenters. The lowest BCUT2D eigenvalue weighted by Gasteiger charge is -2.41. The molecule has 0 aliphatic carbocycles. The number of fused-ring (bicyclic) bond motifs is 2. The van der Waals surface area contributed by atoms with Crippen molar-refractivity contribution in [3.63, 3.8) is 0 Å². The summed E-state index contributed by atoms with van der Waals surface area (Å²) in [6, 6.07) is 19.4. The van der Waals surface area contributed by atoms with Gasteiger partial charge in [0.25, 0.3) is 0 Å². The number of ether oxygens (including phenoxy) is 1. The lowest BCUT2D eigenvalue weighted by atomic mass is 10.0. The first-order valence-corrected chi connectivity index (χ1v) is 12.1. The summed E-state index contributed by atoms with van der Waals surface area (Å²) in [6.45, 7) is 5.16. The number of hydrogen-bond donors (Lipinski definition) is 1. The zero-order chi connectivity index (χ0) is 22.1. The number of likely N-dealkylation sites (N-methyl/N-ethyl adjacent to an activating group) is 1. The maximum atomic E-state index is 5.57. The SMILES string of the molecule is COc1ccccc1CC[C@H]1CN(C2=Nc3ccccc3Nc3sc(C)cc32)CCN1C. The minimum absolute atomic E-state index is 0.464. The summed E-state index contributed by atoms with van der Waals surface area (Å²) in [7, 11) is 4.00. The second-order valence-corrected chi connectivity index (χ2v) is 9.86. The van der Waals surface area contributed by atoms with Crippen LogP contribution in [0.1, 0.15) is 22.4 Å². The van der Waals surface area contributed by atoms with E-state index in [9.17, 15) is 0 Å². The molecule has 1 saturated heterocycles. The zero-order valence-electron chi connectivity index (χ0n) is 19.0. The van der Waals surface area contributed by atoms with Crippen LogP contribution in [-0.2, 0) is 6.42 Å². The van der Waals surface area contributed by atoms with Gasteiger partial charge in [-0.2, -0.15) is 0 Å². The highest BCUT2D eigenvalue weighted by atomic mass is 32.1. The third-order valence-corrected chi connectivity index (χ3v) is 7.46. The van der Waals surface area contributed by atoms with Crippen molar-refractivity contribution < 1.29 is 4.74 Å². The molecule has 0 spiro atoms. The van der Waals surface area contributed by atoms with E-state index >= 15 is 0 Å². The number of para-hydroxylation sites is 3. The monoisotopic (exact) mass is 446 g/mol. The molecule has 1 atom stereocenters. The Bertz CT molecular complexity index is 1140. The molecule has 2 aliphatic heterocycles. The van der Waals surface area contributed by atoms with E-state index in [2.05, 4.69) is 77.6 Å². The van der Waals surface area contributed by atoms with Crippen LogP contribution >= 0.6 is 11.3 Å². The first-order chi connectivity index (χ1) is 15.6. The smallest absolute Gasteiger partial charge is 0.139 e. The molecule has 5 nitrogen and oxygen atoms in total. The van der Waals surface area contributed by atoms with E-state index in [1.54, 1.807) is 18.4 Å². The molecule has 2 aromatic carbocycles. The average molecular weight is 447 g/mol. The normalized spacial score (nSPS) is 18.3. The first kappa shape index (κ1) is 21.0. The number of nitrogens with one attached hydrogen (secondary N) is 1. The van der Waals surface area contributed by atoms with E-state index in [0.29, 0.717) is 6.04 Å². The summed E-state index contributed by atoms with van der Waals surface area (Å²) < 4.78 is 5.57. The van der Waals surface area contributed by atoms with Crippen molar-refractivity contribution in [1.82, 2.24) is 9.80 Å². The predicted octanol–water partition coefficient (Wildman–Crippen LogP) is 5.45. The molecule has 5 rings (SSSR count). The Kier molecular flexibility index (Phi) is 5.89. The van der Waals surface area contributed by atoms with E-state index in [-0.39, 0.29) is 0 Å². The second kappa shape index (κ2) is 8.96. The highest BCUT2D eigenvalue weighted by Crippen LogP contribution is 2.39. The van der Waals surface area contributed by atoms with Crippen molar-refractivity contribution in [2.24, 2.45) is 4.99 Å². The number of amidine groups is 1. The van der Waals surface area contributed by atoms with Crippen molar-refractivity contribution >= 4 is 33.5 Å². The van der Waals surface area contributed by atoms with Gasteiger partial charge in [-0.1, -0.05) is 30.3 Å². The molecule has 2 aliphatic rings. The van der Waals surface area contributed by atoms with Crippen molar-refractivity contribution in [2.75, 3.05) is 39.1 Å². The van der Waals surface area contributed by atoms with Crippen molar-refractivity contribution in [1.29, 1.82) is 0 Å². The number of rotatable bonds is 4. The van der Waals surface area contributed by atoms with Gasteiger partial charge >= 0.3 is 0 Å². The molecule has 3 aromatic rings. The number of methoxy groups -OCH3 is 1. The van der Waals surface area contributed by atoms with Gasteiger partial charge in [-0.05, 0) is 56.6 Å². The Morgan fingerprint density at radius 2 is 1.94 bits per heavy atom. The number of aryl methyl sites for hydroxylation is 2. The van der Waals surface area contributed by atoms with E-state index < -0.39 is 0 Å². The Morgan fingerprint density at radius 3 is 2.81 bits per heavy atom. The molecule has 1 fully saturated rings. The maximum absolute atomic E-state index is 5.57. The Labute approximate surface area is 194 Å². The van der Waals surface area contributed by atoms with Crippen LogP contribution in [0.4, 0.5) is 16.4 Å². The fourth-order valence-corrected chi connectivity index (χ4v) is 5.59. The standard InChI is InChI=1S/C26H30N4OS/c1-18-16-21-25(27-22-9-5-6-10-23(22)28-26(21)32-18)30-15-14-29(2)20(17-30)13-12-19-8-4-7-11-24(19)31-3/h4-11,16,20,28H,12-15,17H2,1-3H3/t20-/m0/s1. The fraction of sp³-hybridized carbons (Fsp3) is 0.346. The third-order valence-electron chi connectivity index (χ3n) is 6.49. The summed E-state index contributed by atoms with van der Waals surface area (Å²) in [5.41, 5.74) is 4.58. The predicted molar refractivity (Wildman–Crippen MR) is 134 cm³/mol. The second-order valence-electron chi connectivity index (χ2n) is 8.61. The molecule has 6 heteroatoms. The quantitative estimate of drug-likeness (QED) is 0.579. The number of anilines is 2. The molecular formula is C26H30N4OS. The molecule has 1 N–H and O–H groups in total. The van der Waals surface area contributed by atoms with Gasteiger partial charge < -0.3 is 15.0 Å². The van der Waals surface area contributed by atoms with Gasteiger partial charge in [-0.25, -0.2) is 4.99 Å². The molecule has 32 heavy (non-hydrogen) atoms. The molecule has 0 radical (unpaired) electrons. The number of hydrogen-bond acceptors (Lipinski definition) is 6. The van der Waals surface area contributed by atoms with Crippen molar-refractivity contribution in [3.05, 3.63) is 70.6 Å². The van der Waals surface area contributed by atoms with Crippen LogP contribution in [0.25, 0.3) is 0 Å². The Hall–Kier alpha value is -2.83. The summed E-state index contributed by atoms with van der Waals surface area (Å²) >= 11 is 1.80. The molecule has 1 aromatic heterocycles. The van der Waals surface area contributed by atoms with Crippen LogP contribution in [0, 0.1) is 6.92 Å². The number of piperazine rings is 1. The summed E-state index contributed by atoms with van der Waals surface area (Å²) in [5.74, 6) is 2.08. The topological polar surface area (TPSA) is 40.1 Å². The van der Waals surface area contributed by atoms with Gasteiger partial charge in [0.1, 0.15) is 16.6 Å². The first-order valence-electron chi connectivity index (χ1n) is 11.2. The number of nitrogens with zero attached hydrogens (tertiary/aromatic N) is 3. The van der Waals surface area contributed by atoms with Crippen LogP contribution in [0.5, 0.6) is 5.75 Å². The number of thiophene rings is 1. The molecule has 3 heterocycles. The van der Waals surface area contributed by atoms with Gasteiger partial charge in [0.15, 0.2) is 0 Å². The summed E-state index contributed by atoms with van der Waals surface area (Å²) in [6.07, 6.45) is 2.09. The van der Waals surface area contributed by atoms with Gasteiger partial charge in [0.2, 0.25) is 0 Å². The van der Waals surface area contributed by atoms with Crippen molar-refractivity contribution in [2.45, 2.75) is 25.8 Å². The van der Waals surface area contributed by atoms with Crippen LogP contribution < -0.4 is 10.1 Å². The minimum atomic E-state index is 0.464. The average Bonchev–Trinajstić information content (AvgIpc) is 3.10. The highest BCUT2D eigenvalue weighted by molar-refractivity contribution is 7.16. The van der Waals surface area contributed by atoms with E-state index in [0.717, 1.165) is 55.4 Å². The fourth-order valence-electron chi connectivity index (χ4n) is 4.67. The van der Waals surface area contributed by atoms with Crippen LogP contribution in [-0.4, -0.2) is 55.5 Å². The van der Waals surface area contributed by atoms with Crippen LogP contribution in [0.3, 0.4) is 0 Å². The molecule has 0 saturated carbocycles. The summed E-state index contributed by atoms with van der Waals surface area (Å²) in [4.78, 5) is 11.5. The van der Waals surface area contributed by atoms with E-state index in [1.165, 1.54) is 21.0 Å². The Balaban J connectivity index is 1.41. The molecule has 0 amide bonds. The van der Waals surface area contributed by atoms with Gasteiger partial charge in [0, 0.05) is 30.6 Å². The zero-order valence-corrected chi connectivity index (χ0v) is 19.8. The summed E-state index contributed by atoms with van der Waals surface area (Å²) in [5, 5.41) is 4.82. The number of benzene rings is 2. The number of aliphatic imine (C=N–C) groups is 1. The Morgan fingerprint density at radius 1 is 1.12 bits per heavy atom. The van der Waals surface area contributed by atoms with E-state index in [1.807, 2.05) is 6.07 Å². The van der Waals surface area contributed by atoms with Gasteiger partial charge in [-0.15, -0.1) is 11.3 Å². The largest absolute Gasteiger partial charge is 0.496 e. The van der Waals surface area contributed by atoms with E-state index in [4.69, 9.17) is 9.73 Å². The molecule has 0 bridgehead atoms. The lowest BCUT2D eigenvalue weighted by Crippen LogP contribution is -2.53.